The van der Waals surface area contributed by atoms with Crippen LogP contribution in [0.1, 0.15) is 24.4 Å². The molecule has 186 valence electrons. The maximum atomic E-state index is 13.7. The number of hydrogen-bond acceptors (Lipinski definition) is 4. The van der Waals surface area contributed by atoms with Gasteiger partial charge in [0, 0.05) is 25.2 Å². The first-order valence-corrected chi connectivity index (χ1v) is 11.1. The number of amides is 1. The number of halogens is 4. The van der Waals surface area contributed by atoms with Crippen LogP contribution in [0.5, 0.6) is 5.75 Å². The van der Waals surface area contributed by atoms with Gasteiger partial charge in [0.15, 0.2) is 6.10 Å². The van der Waals surface area contributed by atoms with Gasteiger partial charge in [0.05, 0.1) is 17.4 Å². The van der Waals surface area contributed by atoms with E-state index in [0.29, 0.717) is 32.0 Å². The number of fused-ring (bicyclic) bond motifs is 1. The van der Waals surface area contributed by atoms with E-state index in [2.05, 4.69) is 0 Å². The molecule has 1 saturated heterocycles. The SMILES string of the molecule is O=CN1CCC(n2c(=O)n(Cc3cc(F)cc(F)c3)c(=O)c3cc(OC(CF)CF)ccc32)CC1. The number of rotatable bonds is 8. The molecule has 1 amide bonds. The quantitative estimate of drug-likeness (QED) is 0.357. The zero-order valence-corrected chi connectivity index (χ0v) is 18.6. The number of hydrogen-bond donors (Lipinski definition) is 0. The zero-order chi connectivity index (χ0) is 25.1. The summed E-state index contributed by atoms with van der Waals surface area (Å²) in [5, 5.41) is 0.0493. The molecule has 1 aliphatic heterocycles. The van der Waals surface area contributed by atoms with Crippen LogP contribution in [0, 0.1) is 11.6 Å². The van der Waals surface area contributed by atoms with Crippen LogP contribution in [0.4, 0.5) is 17.6 Å². The highest BCUT2D eigenvalue weighted by molar-refractivity contribution is 5.80. The van der Waals surface area contributed by atoms with Crippen LogP contribution < -0.4 is 16.0 Å². The van der Waals surface area contributed by atoms with Crippen molar-refractivity contribution < 1.29 is 27.1 Å². The highest BCUT2D eigenvalue weighted by atomic mass is 19.1. The standard InChI is InChI=1S/C24H23F4N3O4/c25-11-20(12-26)35-19-1-2-22-21(10-19)23(33)30(13-15-7-16(27)9-17(28)8-15)24(34)31(22)18-3-5-29(14-32)6-4-18/h1-2,7-10,14,18,20H,3-6,11-13H2. The van der Waals surface area contributed by atoms with Gasteiger partial charge in [-0.25, -0.2) is 22.4 Å². The summed E-state index contributed by atoms with van der Waals surface area (Å²) in [7, 11) is 0. The minimum atomic E-state index is -1.34. The number of likely N-dealkylation sites (tertiary alicyclic amines) is 1. The minimum Gasteiger partial charge on any atom is -0.485 e. The Morgan fingerprint density at radius 2 is 1.66 bits per heavy atom. The average Bonchev–Trinajstić information content (AvgIpc) is 2.85. The van der Waals surface area contributed by atoms with Crippen LogP contribution >= 0.6 is 0 Å². The van der Waals surface area contributed by atoms with Gasteiger partial charge in [-0.1, -0.05) is 0 Å². The molecule has 4 rings (SSSR count). The Balaban J connectivity index is 1.87. The summed E-state index contributed by atoms with van der Waals surface area (Å²) >= 11 is 0. The van der Waals surface area contributed by atoms with Gasteiger partial charge in [-0.05, 0) is 48.7 Å². The fourth-order valence-electron chi connectivity index (χ4n) is 4.36. The topological polar surface area (TPSA) is 73.5 Å². The Labute approximate surface area is 197 Å². The van der Waals surface area contributed by atoms with Crippen LogP contribution in [0.2, 0.25) is 0 Å². The van der Waals surface area contributed by atoms with Crippen LogP contribution in [-0.4, -0.2) is 53.0 Å². The molecule has 1 aliphatic rings. The van der Waals surface area contributed by atoms with Gasteiger partial charge in [0.2, 0.25) is 6.41 Å². The van der Waals surface area contributed by atoms with E-state index in [0.717, 1.165) is 23.1 Å². The Morgan fingerprint density at radius 1 is 1.00 bits per heavy atom. The maximum Gasteiger partial charge on any atom is 0.332 e. The van der Waals surface area contributed by atoms with Crippen molar-refractivity contribution in [2.75, 3.05) is 26.4 Å². The molecule has 0 saturated carbocycles. The first-order chi connectivity index (χ1) is 16.8. The molecule has 11 heteroatoms. The molecule has 0 N–H and O–H groups in total. The maximum absolute atomic E-state index is 13.7. The van der Waals surface area contributed by atoms with E-state index in [1.165, 1.54) is 22.8 Å². The molecule has 3 aromatic rings. The summed E-state index contributed by atoms with van der Waals surface area (Å²) in [6.07, 6.45) is 0.282. The van der Waals surface area contributed by atoms with Crippen LogP contribution in [0.25, 0.3) is 10.9 Å². The molecular formula is C24H23F4N3O4. The second kappa shape index (κ2) is 10.3. The van der Waals surface area contributed by atoms with E-state index < -0.39 is 48.9 Å². The van der Waals surface area contributed by atoms with E-state index in [-0.39, 0.29) is 28.3 Å². The summed E-state index contributed by atoms with van der Waals surface area (Å²) in [5.74, 6) is -1.66. The molecule has 7 nitrogen and oxygen atoms in total. The van der Waals surface area contributed by atoms with Crippen molar-refractivity contribution in [2.24, 2.45) is 0 Å². The second-order valence-electron chi connectivity index (χ2n) is 8.42. The summed E-state index contributed by atoms with van der Waals surface area (Å²) in [6.45, 7) is -1.71. The lowest BCUT2D eigenvalue weighted by molar-refractivity contribution is -0.119. The molecule has 0 aliphatic carbocycles. The van der Waals surface area contributed by atoms with E-state index in [9.17, 15) is 31.9 Å². The molecule has 0 bridgehead atoms. The predicted octanol–water partition coefficient (Wildman–Crippen LogP) is 2.97. The lowest BCUT2D eigenvalue weighted by Crippen LogP contribution is -2.44. The second-order valence-corrected chi connectivity index (χ2v) is 8.42. The molecule has 1 fully saturated rings. The van der Waals surface area contributed by atoms with Crippen molar-refractivity contribution in [3.63, 3.8) is 0 Å². The third-order valence-electron chi connectivity index (χ3n) is 6.06. The van der Waals surface area contributed by atoms with E-state index in [1.54, 1.807) is 4.90 Å². The first-order valence-electron chi connectivity index (χ1n) is 11.1. The molecule has 0 atom stereocenters. The van der Waals surface area contributed by atoms with E-state index >= 15 is 0 Å². The van der Waals surface area contributed by atoms with Crippen LogP contribution in [-0.2, 0) is 11.3 Å². The normalized spacial score (nSPS) is 14.6. The summed E-state index contributed by atoms with van der Waals surface area (Å²) in [5.41, 5.74) is -1.05. The highest BCUT2D eigenvalue weighted by Crippen LogP contribution is 2.26. The minimum absolute atomic E-state index is 0.0409. The first kappa shape index (κ1) is 24.5. The van der Waals surface area contributed by atoms with E-state index in [4.69, 9.17) is 4.74 Å². The van der Waals surface area contributed by atoms with Crippen LogP contribution in [0.3, 0.4) is 0 Å². The third kappa shape index (κ3) is 5.08. The lowest BCUT2D eigenvalue weighted by atomic mass is 10.0. The fraction of sp³-hybridized carbons (Fsp3) is 0.375. The molecule has 35 heavy (non-hydrogen) atoms. The van der Waals surface area contributed by atoms with Crippen LogP contribution in [0.15, 0.2) is 46.0 Å². The predicted molar refractivity (Wildman–Crippen MR) is 120 cm³/mol. The molecule has 2 heterocycles. The number of piperidine rings is 1. The van der Waals surface area contributed by atoms with Gasteiger partial charge < -0.3 is 9.64 Å². The van der Waals surface area contributed by atoms with Crippen molar-refractivity contribution in [3.05, 3.63) is 74.4 Å². The Bertz CT molecular complexity index is 1320. The summed E-state index contributed by atoms with van der Waals surface area (Å²) in [6, 6.07) is 6.57. The average molecular weight is 493 g/mol. The lowest BCUT2D eigenvalue weighted by Gasteiger charge is -2.31. The summed E-state index contributed by atoms with van der Waals surface area (Å²) in [4.78, 5) is 39.5. The number of carbonyl (C=O) groups excluding carboxylic acids is 1. The van der Waals surface area contributed by atoms with Gasteiger partial charge >= 0.3 is 5.69 Å². The van der Waals surface area contributed by atoms with Gasteiger partial charge in [-0.15, -0.1) is 0 Å². The van der Waals surface area contributed by atoms with Crippen molar-refractivity contribution in [1.29, 1.82) is 0 Å². The Hall–Kier alpha value is -3.63. The largest absolute Gasteiger partial charge is 0.485 e. The van der Waals surface area contributed by atoms with Gasteiger partial charge in [-0.3, -0.25) is 18.7 Å². The molecule has 0 spiro atoms. The van der Waals surface area contributed by atoms with Crippen molar-refractivity contribution in [3.8, 4) is 5.75 Å². The number of aromatic nitrogens is 2. The number of benzene rings is 2. The number of nitrogens with zero attached hydrogens (tertiary/aromatic N) is 3. The molecular weight excluding hydrogens is 470 g/mol. The van der Waals surface area contributed by atoms with Gasteiger partial charge in [-0.2, -0.15) is 0 Å². The number of alkyl halides is 2. The van der Waals surface area contributed by atoms with Gasteiger partial charge in [0.25, 0.3) is 5.56 Å². The number of carbonyl (C=O) groups is 1. The molecule has 0 radical (unpaired) electrons. The Kier molecular flexibility index (Phi) is 7.23. The van der Waals surface area contributed by atoms with Crippen molar-refractivity contribution in [2.45, 2.75) is 31.5 Å². The summed E-state index contributed by atoms with van der Waals surface area (Å²) < 4.78 is 61.0. The fourth-order valence-corrected chi connectivity index (χ4v) is 4.36. The Morgan fingerprint density at radius 3 is 2.26 bits per heavy atom. The molecule has 0 unspecified atom stereocenters. The monoisotopic (exact) mass is 493 g/mol. The third-order valence-corrected chi connectivity index (χ3v) is 6.06. The smallest absolute Gasteiger partial charge is 0.332 e. The zero-order valence-electron chi connectivity index (χ0n) is 18.6. The molecule has 1 aromatic heterocycles. The van der Waals surface area contributed by atoms with Crippen molar-refractivity contribution in [1.82, 2.24) is 14.0 Å². The number of ether oxygens (including phenoxy) is 1. The van der Waals surface area contributed by atoms with E-state index in [1.807, 2.05) is 0 Å². The highest BCUT2D eigenvalue weighted by Gasteiger charge is 2.25. The van der Waals surface area contributed by atoms with Gasteiger partial charge in [0.1, 0.15) is 30.7 Å². The molecule has 2 aromatic carbocycles. The van der Waals surface area contributed by atoms with Crippen molar-refractivity contribution >= 4 is 17.3 Å².